The molecule has 0 aromatic carbocycles. The third kappa shape index (κ3) is 9.49. The molecule has 0 aliphatic heterocycles. The number of hydrogen-bond donors (Lipinski definition) is 0. The Bertz CT molecular complexity index is 201. The Kier molecular flexibility index (Phi) is 11.2. The molecule has 108 valence electrons. The predicted octanol–water partition coefficient (Wildman–Crippen LogP) is 5.10. The summed E-state index contributed by atoms with van der Waals surface area (Å²) in [5.74, 6) is 0.407. The highest BCUT2D eigenvalue weighted by Gasteiger charge is 2.15. The lowest BCUT2D eigenvalue weighted by molar-refractivity contribution is -0.150. The zero-order valence-electron chi connectivity index (χ0n) is 12.8. The van der Waals surface area contributed by atoms with Gasteiger partial charge in [0.05, 0.1) is 0 Å². The predicted molar refractivity (Wildman–Crippen MR) is 77.6 cm³/mol. The maximum atomic E-state index is 11.2. The van der Waals surface area contributed by atoms with E-state index < -0.39 is 0 Å². The minimum Gasteiger partial charge on any atom is -0.462 e. The van der Waals surface area contributed by atoms with Crippen molar-refractivity contribution < 1.29 is 9.53 Å². The molecule has 0 amide bonds. The number of esters is 1. The molecule has 0 rings (SSSR count). The molecule has 0 aromatic heterocycles. The molecular formula is C16H32O2. The third-order valence-electron chi connectivity index (χ3n) is 3.67. The van der Waals surface area contributed by atoms with Gasteiger partial charge in [0.15, 0.2) is 0 Å². The highest BCUT2D eigenvalue weighted by molar-refractivity contribution is 5.69. The second-order valence-electron chi connectivity index (χ2n) is 5.44. The lowest BCUT2D eigenvalue weighted by atomic mass is 9.97. The zero-order chi connectivity index (χ0) is 13.8. The molecule has 0 aromatic rings. The summed E-state index contributed by atoms with van der Waals surface area (Å²) in [4.78, 5) is 11.2. The van der Waals surface area contributed by atoms with Gasteiger partial charge in [-0.3, -0.25) is 4.79 Å². The molecule has 2 heteroatoms. The SMILES string of the molecule is CCCCCCCCC[C@@H](C)[C@H](C)OC(=O)CC. The van der Waals surface area contributed by atoms with E-state index in [1.807, 2.05) is 13.8 Å². The summed E-state index contributed by atoms with van der Waals surface area (Å²) in [6, 6.07) is 0. The number of carbonyl (C=O) groups excluding carboxylic acids is 1. The molecule has 0 N–H and O–H groups in total. The first-order valence-corrected chi connectivity index (χ1v) is 7.81. The largest absolute Gasteiger partial charge is 0.462 e. The Morgan fingerprint density at radius 2 is 1.50 bits per heavy atom. The Balaban J connectivity index is 3.46. The fourth-order valence-electron chi connectivity index (χ4n) is 2.06. The Hall–Kier alpha value is -0.530. The second kappa shape index (κ2) is 11.6. The molecule has 0 saturated heterocycles. The maximum absolute atomic E-state index is 11.2. The van der Waals surface area contributed by atoms with Crippen LogP contribution in [0.1, 0.15) is 85.5 Å². The van der Waals surface area contributed by atoms with E-state index in [0.717, 1.165) is 0 Å². The van der Waals surface area contributed by atoms with Crippen LogP contribution in [0.3, 0.4) is 0 Å². The van der Waals surface area contributed by atoms with Gasteiger partial charge in [0.25, 0.3) is 0 Å². The molecule has 0 fully saturated rings. The minimum atomic E-state index is -0.0751. The van der Waals surface area contributed by atoms with Crippen LogP contribution in [0.2, 0.25) is 0 Å². The van der Waals surface area contributed by atoms with Gasteiger partial charge in [0, 0.05) is 6.42 Å². The van der Waals surface area contributed by atoms with Gasteiger partial charge in [-0.15, -0.1) is 0 Å². The molecule has 2 nitrogen and oxygen atoms in total. The standard InChI is InChI=1S/C16H32O2/c1-5-7-8-9-10-11-12-13-14(3)15(4)18-16(17)6-2/h14-15H,5-13H2,1-4H3/t14-,15+/m1/s1. The molecule has 0 saturated carbocycles. The number of ether oxygens (including phenoxy) is 1. The fourth-order valence-corrected chi connectivity index (χ4v) is 2.06. The molecule has 0 radical (unpaired) electrons. The average molecular weight is 256 g/mol. The van der Waals surface area contributed by atoms with Gasteiger partial charge in [-0.1, -0.05) is 65.7 Å². The van der Waals surface area contributed by atoms with Crippen molar-refractivity contribution in [1.29, 1.82) is 0 Å². The van der Waals surface area contributed by atoms with Crippen LogP contribution in [0.25, 0.3) is 0 Å². The van der Waals surface area contributed by atoms with E-state index in [0.29, 0.717) is 12.3 Å². The normalized spacial score (nSPS) is 14.2. The third-order valence-corrected chi connectivity index (χ3v) is 3.67. The van der Waals surface area contributed by atoms with E-state index in [-0.39, 0.29) is 12.1 Å². The molecule has 0 unspecified atom stereocenters. The second-order valence-corrected chi connectivity index (χ2v) is 5.44. The van der Waals surface area contributed by atoms with Gasteiger partial charge < -0.3 is 4.74 Å². The molecule has 0 aliphatic rings. The van der Waals surface area contributed by atoms with E-state index in [9.17, 15) is 4.79 Å². The molecule has 0 aliphatic carbocycles. The van der Waals surface area contributed by atoms with Crippen LogP contribution in [-0.4, -0.2) is 12.1 Å². The fraction of sp³-hybridized carbons (Fsp3) is 0.938. The van der Waals surface area contributed by atoms with Crippen LogP contribution >= 0.6 is 0 Å². The monoisotopic (exact) mass is 256 g/mol. The summed E-state index contributed by atoms with van der Waals surface area (Å²) >= 11 is 0. The van der Waals surface area contributed by atoms with E-state index in [1.54, 1.807) is 0 Å². The molecule has 0 heterocycles. The van der Waals surface area contributed by atoms with Crippen LogP contribution in [0.5, 0.6) is 0 Å². The van der Waals surface area contributed by atoms with E-state index in [1.165, 1.54) is 51.4 Å². The first kappa shape index (κ1) is 17.5. The van der Waals surface area contributed by atoms with Crippen molar-refractivity contribution in [3.63, 3.8) is 0 Å². The summed E-state index contributed by atoms with van der Waals surface area (Å²) in [5, 5.41) is 0. The van der Waals surface area contributed by atoms with Gasteiger partial charge in [0.2, 0.25) is 0 Å². The van der Waals surface area contributed by atoms with Crippen molar-refractivity contribution >= 4 is 5.97 Å². The molecule has 18 heavy (non-hydrogen) atoms. The van der Waals surface area contributed by atoms with Gasteiger partial charge in [-0.25, -0.2) is 0 Å². The summed E-state index contributed by atoms with van der Waals surface area (Å²) in [5.41, 5.74) is 0. The van der Waals surface area contributed by atoms with Crippen molar-refractivity contribution in [3.8, 4) is 0 Å². The average Bonchev–Trinajstić information content (AvgIpc) is 2.37. The van der Waals surface area contributed by atoms with Crippen LogP contribution in [0, 0.1) is 5.92 Å². The van der Waals surface area contributed by atoms with E-state index in [4.69, 9.17) is 4.74 Å². The highest BCUT2D eigenvalue weighted by Crippen LogP contribution is 2.17. The number of hydrogen-bond acceptors (Lipinski definition) is 2. The summed E-state index contributed by atoms with van der Waals surface area (Å²) in [6.07, 6.45) is 11.1. The minimum absolute atomic E-state index is 0.0672. The summed E-state index contributed by atoms with van der Waals surface area (Å²) < 4.78 is 5.33. The maximum Gasteiger partial charge on any atom is 0.305 e. The van der Waals surface area contributed by atoms with Crippen molar-refractivity contribution in [2.75, 3.05) is 0 Å². The Labute approximate surface area is 113 Å². The van der Waals surface area contributed by atoms with Crippen molar-refractivity contribution in [2.24, 2.45) is 5.92 Å². The van der Waals surface area contributed by atoms with Gasteiger partial charge in [0.1, 0.15) is 6.10 Å². The van der Waals surface area contributed by atoms with Gasteiger partial charge >= 0.3 is 5.97 Å². The Morgan fingerprint density at radius 3 is 2.06 bits per heavy atom. The number of rotatable bonds is 11. The Morgan fingerprint density at radius 1 is 0.944 bits per heavy atom. The number of carbonyl (C=O) groups is 1. The first-order valence-electron chi connectivity index (χ1n) is 7.81. The zero-order valence-corrected chi connectivity index (χ0v) is 12.8. The molecular weight excluding hydrogens is 224 g/mol. The van der Waals surface area contributed by atoms with Crippen LogP contribution < -0.4 is 0 Å². The molecule has 0 spiro atoms. The lowest BCUT2D eigenvalue weighted by Crippen LogP contribution is -2.21. The van der Waals surface area contributed by atoms with Crippen LogP contribution in [0.15, 0.2) is 0 Å². The molecule has 0 bridgehead atoms. The lowest BCUT2D eigenvalue weighted by Gasteiger charge is -2.20. The van der Waals surface area contributed by atoms with E-state index in [2.05, 4.69) is 13.8 Å². The highest BCUT2D eigenvalue weighted by atomic mass is 16.5. The first-order chi connectivity index (χ1) is 8.61. The summed E-state index contributed by atoms with van der Waals surface area (Å²) in [7, 11) is 0. The van der Waals surface area contributed by atoms with Crippen LogP contribution in [0.4, 0.5) is 0 Å². The molecule has 2 atom stereocenters. The van der Waals surface area contributed by atoms with Crippen molar-refractivity contribution in [2.45, 2.75) is 91.6 Å². The van der Waals surface area contributed by atoms with Crippen molar-refractivity contribution in [1.82, 2.24) is 0 Å². The van der Waals surface area contributed by atoms with Gasteiger partial charge in [-0.2, -0.15) is 0 Å². The smallest absolute Gasteiger partial charge is 0.305 e. The number of unbranched alkanes of at least 4 members (excludes halogenated alkanes) is 6. The van der Waals surface area contributed by atoms with Gasteiger partial charge in [-0.05, 0) is 19.3 Å². The van der Waals surface area contributed by atoms with E-state index >= 15 is 0 Å². The topological polar surface area (TPSA) is 26.3 Å². The van der Waals surface area contributed by atoms with Crippen molar-refractivity contribution in [3.05, 3.63) is 0 Å². The summed E-state index contributed by atoms with van der Waals surface area (Å²) in [6.45, 7) is 8.29. The van der Waals surface area contributed by atoms with Crippen LogP contribution in [-0.2, 0) is 9.53 Å². The quantitative estimate of drug-likeness (QED) is 0.379.